The molecule has 4 nitrogen and oxygen atoms in total. The molecule has 0 aromatic heterocycles. The zero-order chi connectivity index (χ0) is 17.1. The standard InChI is InChI=1S/C19H17ClO4/c1-2-24-17(21)16-10-18(22)12-5-3-4-6-13(12)19(16,23)14-8-7-11(20)9-15(14)18/h3-9,16,22-23H,2,10H2,1H3. The van der Waals surface area contributed by atoms with Gasteiger partial charge in [-0.25, -0.2) is 0 Å². The summed E-state index contributed by atoms with van der Waals surface area (Å²) in [5, 5.41) is 23.6. The average Bonchev–Trinajstić information content (AvgIpc) is 2.57. The fraction of sp³-hybridized carbons (Fsp3) is 0.316. The number of ether oxygens (including phenoxy) is 1. The molecule has 124 valence electrons. The van der Waals surface area contributed by atoms with Crippen LogP contribution in [0.3, 0.4) is 0 Å². The quantitative estimate of drug-likeness (QED) is 0.822. The lowest BCUT2D eigenvalue weighted by Crippen LogP contribution is -2.57. The van der Waals surface area contributed by atoms with Crippen molar-refractivity contribution in [3.63, 3.8) is 0 Å². The lowest BCUT2D eigenvalue weighted by molar-refractivity contribution is -0.166. The zero-order valence-corrected chi connectivity index (χ0v) is 13.9. The summed E-state index contributed by atoms with van der Waals surface area (Å²) in [6, 6.07) is 12.1. The third-order valence-electron chi connectivity index (χ3n) is 5.20. The van der Waals surface area contributed by atoms with Crippen LogP contribution in [0.2, 0.25) is 5.02 Å². The Balaban J connectivity index is 2.04. The van der Waals surface area contributed by atoms with Gasteiger partial charge in [0.25, 0.3) is 0 Å². The summed E-state index contributed by atoms with van der Waals surface area (Å²) in [5.41, 5.74) is -0.685. The van der Waals surface area contributed by atoms with E-state index in [2.05, 4.69) is 0 Å². The summed E-state index contributed by atoms with van der Waals surface area (Å²) in [6.45, 7) is 1.94. The Morgan fingerprint density at radius 1 is 1.17 bits per heavy atom. The van der Waals surface area contributed by atoms with E-state index in [4.69, 9.17) is 16.3 Å². The molecule has 2 bridgehead atoms. The molecule has 0 aliphatic heterocycles. The van der Waals surface area contributed by atoms with Crippen LogP contribution in [0.25, 0.3) is 0 Å². The van der Waals surface area contributed by atoms with Crippen LogP contribution >= 0.6 is 11.6 Å². The normalized spacial score (nSPS) is 29.8. The first kappa shape index (κ1) is 15.6. The lowest BCUT2D eigenvalue weighted by atomic mass is 9.54. The topological polar surface area (TPSA) is 66.8 Å². The van der Waals surface area contributed by atoms with E-state index >= 15 is 0 Å². The highest BCUT2D eigenvalue weighted by molar-refractivity contribution is 6.30. The van der Waals surface area contributed by atoms with E-state index in [9.17, 15) is 15.0 Å². The van der Waals surface area contributed by atoms with Crippen molar-refractivity contribution in [1.29, 1.82) is 0 Å². The number of hydrogen-bond acceptors (Lipinski definition) is 4. The van der Waals surface area contributed by atoms with Crippen LogP contribution in [-0.2, 0) is 20.7 Å². The van der Waals surface area contributed by atoms with Crippen molar-refractivity contribution in [3.8, 4) is 0 Å². The van der Waals surface area contributed by atoms with Gasteiger partial charge in [0.15, 0.2) is 0 Å². The van der Waals surface area contributed by atoms with Crippen LogP contribution in [0.1, 0.15) is 35.6 Å². The van der Waals surface area contributed by atoms with Crippen LogP contribution in [0, 0.1) is 5.92 Å². The molecule has 3 aliphatic carbocycles. The van der Waals surface area contributed by atoms with Gasteiger partial charge in [-0.1, -0.05) is 41.9 Å². The number of fused-ring (bicyclic) bond motifs is 1. The maximum atomic E-state index is 12.5. The molecule has 3 atom stereocenters. The highest BCUT2D eigenvalue weighted by Crippen LogP contribution is 2.60. The van der Waals surface area contributed by atoms with Gasteiger partial charge >= 0.3 is 5.97 Å². The number of hydrogen-bond donors (Lipinski definition) is 2. The van der Waals surface area contributed by atoms with E-state index in [1.165, 1.54) is 0 Å². The van der Waals surface area contributed by atoms with Crippen molar-refractivity contribution >= 4 is 17.6 Å². The Bertz CT molecular complexity index is 849. The summed E-state index contributed by atoms with van der Waals surface area (Å²) in [5.74, 6) is -1.38. The maximum Gasteiger partial charge on any atom is 0.312 e. The molecule has 0 fully saturated rings. The van der Waals surface area contributed by atoms with Crippen molar-refractivity contribution in [2.45, 2.75) is 24.5 Å². The number of rotatable bonds is 2. The number of aliphatic hydroxyl groups is 2. The molecule has 0 spiro atoms. The van der Waals surface area contributed by atoms with Gasteiger partial charge < -0.3 is 14.9 Å². The van der Waals surface area contributed by atoms with Crippen molar-refractivity contribution in [2.24, 2.45) is 5.92 Å². The maximum absolute atomic E-state index is 12.5. The number of halogens is 1. The van der Waals surface area contributed by atoms with Gasteiger partial charge in [0.05, 0.1) is 12.5 Å². The SMILES string of the molecule is CCOC(=O)C1CC2(O)c3ccccc3C1(O)c1ccc(Cl)cc12. The molecule has 0 saturated heterocycles. The molecule has 5 rings (SSSR count). The smallest absolute Gasteiger partial charge is 0.312 e. The van der Waals surface area contributed by atoms with Crippen molar-refractivity contribution < 1.29 is 19.7 Å². The van der Waals surface area contributed by atoms with Crippen molar-refractivity contribution in [3.05, 3.63) is 69.7 Å². The van der Waals surface area contributed by atoms with E-state index in [0.29, 0.717) is 27.3 Å². The average molecular weight is 345 g/mol. The molecule has 24 heavy (non-hydrogen) atoms. The molecule has 0 saturated carbocycles. The van der Waals surface area contributed by atoms with Crippen LogP contribution in [0.5, 0.6) is 0 Å². The van der Waals surface area contributed by atoms with Crippen LogP contribution in [-0.4, -0.2) is 22.8 Å². The van der Waals surface area contributed by atoms with Gasteiger partial charge in [0.2, 0.25) is 0 Å². The Hall–Kier alpha value is -1.88. The molecule has 0 radical (unpaired) electrons. The molecular formula is C19H17ClO4. The third-order valence-corrected chi connectivity index (χ3v) is 5.43. The first-order valence-corrected chi connectivity index (χ1v) is 8.32. The van der Waals surface area contributed by atoms with Crippen molar-refractivity contribution in [2.75, 3.05) is 6.61 Å². The summed E-state index contributed by atoms with van der Waals surface area (Å²) >= 11 is 6.11. The van der Waals surface area contributed by atoms with E-state index in [-0.39, 0.29) is 13.0 Å². The van der Waals surface area contributed by atoms with E-state index < -0.39 is 23.1 Å². The van der Waals surface area contributed by atoms with Gasteiger partial charge in [-0.2, -0.15) is 0 Å². The number of carbonyl (C=O) groups excluding carboxylic acids is 1. The molecule has 0 heterocycles. The second-order valence-electron chi connectivity index (χ2n) is 6.37. The predicted molar refractivity (Wildman–Crippen MR) is 88.6 cm³/mol. The van der Waals surface area contributed by atoms with E-state index in [1.54, 1.807) is 43.3 Å². The molecule has 2 N–H and O–H groups in total. The van der Waals surface area contributed by atoms with E-state index in [1.807, 2.05) is 6.07 Å². The number of esters is 1. The summed E-state index contributed by atoms with van der Waals surface area (Å²) < 4.78 is 5.16. The first-order valence-electron chi connectivity index (χ1n) is 7.94. The summed E-state index contributed by atoms with van der Waals surface area (Å²) in [4.78, 5) is 12.5. The largest absolute Gasteiger partial charge is 0.466 e. The highest BCUT2D eigenvalue weighted by Gasteiger charge is 2.62. The molecule has 5 heteroatoms. The second-order valence-corrected chi connectivity index (χ2v) is 6.81. The molecule has 0 amide bonds. The van der Waals surface area contributed by atoms with Crippen LogP contribution in [0.15, 0.2) is 42.5 Å². The fourth-order valence-corrected chi connectivity index (χ4v) is 4.36. The monoisotopic (exact) mass is 344 g/mol. The van der Waals surface area contributed by atoms with E-state index in [0.717, 1.165) is 0 Å². The number of benzene rings is 2. The minimum atomic E-state index is -1.53. The zero-order valence-electron chi connectivity index (χ0n) is 13.1. The van der Waals surface area contributed by atoms with Crippen LogP contribution < -0.4 is 0 Å². The van der Waals surface area contributed by atoms with Gasteiger partial charge in [0, 0.05) is 11.4 Å². The lowest BCUT2D eigenvalue weighted by Gasteiger charge is -2.53. The number of carbonyl (C=O) groups is 1. The van der Waals surface area contributed by atoms with Gasteiger partial charge in [-0.05, 0) is 41.3 Å². The predicted octanol–water partition coefficient (Wildman–Crippen LogP) is 2.71. The third kappa shape index (κ3) is 1.79. The van der Waals surface area contributed by atoms with Crippen LogP contribution in [0.4, 0.5) is 0 Å². The van der Waals surface area contributed by atoms with Gasteiger partial charge in [-0.15, -0.1) is 0 Å². The minimum Gasteiger partial charge on any atom is -0.466 e. The summed E-state index contributed by atoms with van der Waals surface area (Å²) in [7, 11) is 0. The van der Waals surface area contributed by atoms with Crippen molar-refractivity contribution in [1.82, 2.24) is 0 Å². The van der Waals surface area contributed by atoms with Gasteiger partial charge in [0.1, 0.15) is 11.2 Å². The Kier molecular flexibility index (Phi) is 3.29. The minimum absolute atomic E-state index is 0.0622. The fourth-order valence-electron chi connectivity index (χ4n) is 4.19. The highest BCUT2D eigenvalue weighted by atomic mass is 35.5. The first-order chi connectivity index (χ1) is 11.4. The second kappa shape index (κ2) is 5.06. The molecule has 3 unspecified atom stereocenters. The Morgan fingerprint density at radius 3 is 2.54 bits per heavy atom. The Morgan fingerprint density at radius 2 is 1.83 bits per heavy atom. The van der Waals surface area contributed by atoms with Gasteiger partial charge in [-0.3, -0.25) is 4.79 Å². The molecular weight excluding hydrogens is 328 g/mol. The summed E-state index contributed by atoms with van der Waals surface area (Å²) in [6.07, 6.45) is 0.0622. The molecule has 2 aromatic rings. The Labute approximate surface area is 144 Å². The molecule has 3 aliphatic rings. The molecule has 2 aromatic carbocycles.